The number of piperidine rings is 1. The number of hydrogen-bond donors (Lipinski definition) is 1. The summed E-state index contributed by atoms with van der Waals surface area (Å²) in [4.78, 5) is 15.6. The average Bonchev–Trinajstić information content (AvgIpc) is 3.51. The van der Waals surface area contributed by atoms with E-state index in [2.05, 4.69) is 59.9 Å². The zero-order chi connectivity index (χ0) is 24.8. The molecule has 7 heteroatoms. The van der Waals surface area contributed by atoms with Gasteiger partial charge in [-0.3, -0.25) is 0 Å². The first-order valence-corrected chi connectivity index (χ1v) is 13.6. The summed E-state index contributed by atoms with van der Waals surface area (Å²) in [5.74, 6) is 3.23. The molecule has 2 aliphatic rings. The van der Waals surface area contributed by atoms with Crippen molar-refractivity contribution in [1.82, 2.24) is 24.6 Å². The number of nitrogens with zero attached hydrogens (tertiary/aromatic N) is 5. The molecule has 0 atom stereocenters. The molecule has 4 aromatic heterocycles. The Morgan fingerprint density at radius 2 is 1.81 bits per heavy atom. The minimum absolute atomic E-state index is 0.375. The van der Waals surface area contributed by atoms with Gasteiger partial charge in [-0.05, 0) is 80.9 Å². The zero-order valence-corrected chi connectivity index (χ0v) is 22.0. The minimum Gasteiger partial charge on any atom is -0.381 e. The lowest BCUT2D eigenvalue weighted by Crippen LogP contribution is -2.35. The molecule has 0 saturated carbocycles. The molecule has 0 amide bonds. The van der Waals surface area contributed by atoms with Crippen LogP contribution in [0.3, 0.4) is 0 Å². The van der Waals surface area contributed by atoms with Gasteiger partial charge in [0.2, 0.25) is 0 Å². The maximum atomic E-state index is 5.56. The molecule has 0 radical (unpaired) electrons. The Kier molecular flexibility index (Phi) is 6.20. The van der Waals surface area contributed by atoms with Crippen molar-refractivity contribution < 1.29 is 4.74 Å². The third-order valence-corrected chi connectivity index (χ3v) is 8.44. The highest BCUT2D eigenvalue weighted by atomic mass is 16.5. The summed E-state index contributed by atoms with van der Waals surface area (Å²) >= 11 is 0. The van der Waals surface area contributed by atoms with E-state index in [1.807, 2.05) is 10.7 Å². The molecule has 0 aromatic carbocycles. The van der Waals surface area contributed by atoms with Crippen molar-refractivity contribution in [1.29, 1.82) is 0 Å². The number of pyridine rings is 2. The molecule has 7 nitrogen and oxygen atoms in total. The quantitative estimate of drug-likeness (QED) is 0.372. The van der Waals surface area contributed by atoms with E-state index >= 15 is 0 Å². The fourth-order valence-corrected chi connectivity index (χ4v) is 6.56. The van der Waals surface area contributed by atoms with Gasteiger partial charge < -0.3 is 14.6 Å². The van der Waals surface area contributed by atoms with Crippen molar-refractivity contribution in [3.05, 3.63) is 41.5 Å². The molecule has 190 valence electrons. The number of rotatable bonds is 5. The smallest absolute Gasteiger partial charge is 0.158 e. The second kappa shape index (κ2) is 9.51. The lowest BCUT2D eigenvalue weighted by atomic mass is 9.84. The van der Waals surface area contributed by atoms with Gasteiger partial charge in [-0.1, -0.05) is 13.8 Å². The van der Waals surface area contributed by atoms with Gasteiger partial charge in [0.25, 0.3) is 0 Å². The fourth-order valence-electron chi connectivity index (χ4n) is 6.56. The molecule has 2 saturated heterocycles. The highest BCUT2D eigenvalue weighted by Crippen LogP contribution is 2.40. The first-order chi connectivity index (χ1) is 17.5. The number of aromatic amines is 1. The molecule has 36 heavy (non-hydrogen) atoms. The van der Waals surface area contributed by atoms with Gasteiger partial charge in [-0.15, -0.1) is 0 Å². The molecular weight excluding hydrogens is 448 g/mol. The summed E-state index contributed by atoms with van der Waals surface area (Å²) in [5.41, 5.74) is 8.09. The fraction of sp³-hybridized carbons (Fsp3) is 0.552. The summed E-state index contributed by atoms with van der Waals surface area (Å²) in [6, 6.07) is 2.22. The average molecular weight is 487 g/mol. The van der Waals surface area contributed by atoms with Crippen molar-refractivity contribution in [3.63, 3.8) is 0 Å². The van der Waals surface area contributed by atoms with Gasteiger partial charge >= 0.3 is 0 Å². The van der Waals surface area contributed by atoms with Gasteiger partial charge in [0.15, 0.2) is 5.65 Å². The van der Waals surface area contributed by atoms with Crippen molar-refractivity contribution in [2.45, 2.75) is 65.7 Å². The Morgan fingerprint density at radius 3 is 2.56 bits per heavy atom. The zero-order valence-electron chi connectivity index (χ0n) is 22.0. The molecule has 2 fully saturated rings. The predicted molar refractivity (Wildman–Crippen MR) is 145 cm³/mol. The van der Waals surface area contributed by atoms with E-state index in [1.54, 1.807) is 6.33 Å². The largest absolute Gasteiger partial charge is 0.381 e. The number of nitrogens with one attached hydrogen (secondary N) is 1. The van der Waals surface area contributed by atoms with Gasteiger partial charge in [0, 0.05) is 49.0 Å². The van der Waals surface area contributed by atoms with Crippen LogP contribution in [0.4, 0.5) is 5.82 Å². The monoisotopic (exact) mass is 486 g/mol. The number of aryl methyl sites for hydroxylation is 2. The Labute approximate surface area is 213 Å². The topological polar surface area (TPSA) is 71.3 Å². The second-order valence-electron chi connectivity index (χ2n) is 11.2. The van der Waals surface area contributed by atoms with Crippen molar-refractivity contribution in [2.75, 3.05) is 31.2 Å². The SMILES string of the molecule is Cc1c(N2CCC(CC3CCOCC3)CC2)ncc2[nH]c(-c3cc(C)c4ncnn4c3)c(C(C)C)c12. The number of H-pyrrole nitrogens is 1. The van der Waals surface area contributed by atoms with E-state index in [-0.39, 0.29) is 0 Å². The summed E-state index contributed by atoms with van der Waals surface area (Å²) in [6.45, 7) is 13.0. The van der Waals surface area contributed by atoms with Crippen LogP contribution in [0.15, 0.2) is 24.8 Å². The maximum absolute atomic E-state index is 5.56. The Bertz CT molecular complexity index is 1370. The van der Waals surface area contributed by atoms with Crippen LogP contribution in [0.1, 0.15) is 68.6 Å². The molecule has 6 rings (SSSR count). The van der Waals surface area contributed by atoms with E-state index in [0.717, 1.165) is 71.9 Å². The van der Waals surface area contributed by atoms with Crippen molar-refractivity contribution in [3.8, 4) is 11.3 Å². The first-order valence-electron chi connectivity index (χ1n) is 13.6. The number of aromatic nitrogens is 5. The third kappa shape index (κ3) is 4.17. The molecular formula is C29H38N6O. The summed E-state index contributed by atoms with van der Waals surface area (Å²) in [5, 5.41) is 5.72. The minimum atomic E-state index is 0.375. The van der Waals surface area contributed by atoms with Gasteiger partial charge in [0.05, 0.1) is 17.4 Å². The van der Waals surface area contributed by atoms with Crippen LogP contribution in [0, 0.1) is 25.7 Å². The molecule has 0 unspecified atom stereocenters. The normalized spacial score (nSPS) is 18.2. The van der Waals surface area contributed by atoms with Crippen LogP contribution in [0.5, 0.6) is 0 Å². The number of hydrogen-bond acceptors (Lipinski definition) is 5. The standard InChI is InChI=1S/C29H38N6O/c1-18(2)25-26-20(4)29(34-9-5-21(6-10-34)14-22-7-11-36-12-8-22)30-15-24(26)33-27(25)23-13-19(3)28-31-17-32-35(28)16-23/h13,15-18,21-22,33H,5-12,14H2,1-4H3. The summed E-state index contributed by atoms with van der Waals surface area (Å²) < 4.78 is 7.44. The number of ether oxygens (including phenoxy) is 1. The van der Waals surface area contributed by atoms with Crippen LogP contribution in [-0.2, 0) is 4.74 Å². The lowest BCUT2D eigenvalue weighted by molar-refractivity contribution is 0.0571. The number of fused-ring (bicyclic) bond motifs is 2. The Hall–Kier alpha value is -2.93. The molecule has 0 spiro atoms. The van der Waals surface area contributed by atoms with E-state index in [9.17, 15) is 0 Å². The lowest BCUT2D eigenvalue weighted by Gasteiger charge is -2.35. The molecule has 1 N–H and O–H groups in total. The van der Waals surface area contributed by atoms with Crippen LogP contribution < -0.4 is 4.90 Å². The molecule has 4 aromatic rings. The molecule has 0 bridgehead atoms. The first kappa shape index (κ1) is 23.5. The highest BCUT2D eigenvalue weighted by Gasteiger charge is 2.27. The van der Waals surface area contributed by atoms with E-state index < -0.39 is 0 Å². The molecule has 6 heterocycles. The van der Waals surface area contributed by atoms with Crippen molar-refractivity contribution >= 4 is 22.4 Å². The van der Waals surface area contributed by atoms with Crippen molar-refractivity contribution in [2.24, 2.45) is 11.8 Å². The maximum Gasteiger partial charge on any atom is 0.158 e. The third-order valence-electron chi connectivity index (χ3n) is 8.44. The second-order valence-corrected chi connectivity index (χ2v) is 11.2. The van der Waals surface area contributed by atoms with Gasteiger partial charge in [0.1, 0.15) is 12.1 Å². The van der Waals surface area contributed by atoms with Gasteiger partial charge in [-0.2, -0.15) is 5.10 Å². The van der Waals surface area contributed by atoms with Gasteiger partial charge in [-0.25, -0.2) is 14.5 Å². The summed E-state index contributed by atoms with van der Waals surface area (Å²) in [7, 11) is 0. The molecule has 0 aliphatic carbocycles. The molecule has 2 aliphatic heterocycles. The Balaban J connectivity index is 1.31. The predicted octanol–water partition coefficient (Wildman–Crippen LogP) is 6.05. The van der Waals surface area contributed by atoms with Crippen LogP contribution in [0.25, 0.3) is 27.8 Å². The van der Waals surface area contributed by atoms with Crippen LogP contribution >= 0.6 is 0 Å². The van der Waals surface area contributed by atoms with E-state index in [4.69, 9.17) is 9.72 Å². The van der Waals surface area contributed by atoms with Crippen LogP contribution in [0.2, 0.25) is 0 Å². The van der Waals surface area contributed by atoms with E-state index in [1.165, 1.54) is 48.6 Å². The van der Waals surface area contributed by atoms with Crippen LogP contribution in [-0.4, -0.2) is 50.9 Å². The number of anilines is 1. The van der Waals surface area contributed by atoms with E-state index in [0.29, 0.717) is 5.92 Å². The highest BCUT2D eigenvalue weighted by molar-refractivity contribution is 5.95. The Morgan fingerprint density at radius 1 is 1.06 bits per heavy atom. The summed E-state index contributed by atoms with van der Waals surface area (Å²) in [6.07, 6.45) is 12.1.